The number of hydrogen-bond acceptors (Lipinski definition) is 2. The van der Waals surface area contributed by atoms with Gasteiger partial charge in [0.05, 0.1) is 22.2 Å². The highest BCUT2D eigenvalue weighted by Crippen LogP contribution is 2.33. The summed E-state index contributed by atoms with van der Waals surface area (Å²) >= 11 is 15.8. The van der Waals surface area contributed by atoms with E-state index >= 15 is 0 Å². The molecule has 3 rings (SSSR count). The first-order valence-electron chi connectivity index (χ1n) is 9.06. The normalized spacial score (nSPS) is 13.2. The Labute approximate surface area is 184 Å². The van der Waals surface area contributed by atoms with Gasteiger partial charge in [0, 0.05) is 16.6 Å². The van der Waals surface area contributed by atoms with Gasteiger partial charge in [0.2, 0.25) is 0 Å². The predicted molar refractivity (Wildman–Crippen MR) is 122 cm³/mol. The van der Waals surface area contributed by atoms with Crippen LogP contribution >= 0.6 is 39.1 Å². The molecule has 0 aromatic heterocycles. The van der Waals surface area contributed by atoms with Crippen LogP contribution in [-0.4, -0.2) is 5.11 Å². The zero-order chi connectivity index (χ0) is 20.3. The second-order valence-electron chi connectivity index (χ2n) is 6.97. The quantitative estimate of drug-likeness (QED) is 0.381. The number of aliphatic hydroxyl groups is 1. The van der Waals surface area contributed by atoms with E-state index in [-0.39, 0.29) is 6.04 Å². The summed E-state index contributed by atoms with van der Waals surface area (Å²) in [6.45, 7) is 4.18. The van der Waals surface area contributed by atoms with Crippen molar-refractivity contribution < 1.29 is 5.11 Å². The zero-order valence-corrected chi connectivity index (χ0v) is 18.8. The van der Waals surface area contributed by atoms with E-state index in [1.807, 2.05) is 36.4 Å². The molecule has 2 unspecified atom stereocenters. The monoisotopic (exact) mass is 477 g/mol. The Kier molecular flexibility index (Phi) is 7.05. The average Bonchev–Trinajstić information content (AvgIpc) is 2.67. The summed E-state index contributed by atoms with van der Waals surface area (Å²) in [4.78, 5) is 0. The van der Waals surface area contributed by atoms with E-state index in [1.54, 1.807) is 6.07 Å². The minimum atomic E-state index is -0.619. The summed E-state index contributed by atoms with van der Waals surface area (Å²) < 4.78 is 0.984. The number of halogens is 3. The molecule has 0 aliphatic heterocycles. The van der Waals surface area contributed by atoms with Crippen LogP contribution in [-0.2, 0) is 0 Å². The number of aryl methyl sites for hydroxylation is 2. The van der Waals surface area contributed by atoms with Gasteiger partial charge in [-0.2, -0.15) is 0 Å². The second kappa shape index (κ2) is 9.32. The van der Waals surface area contributed by atoms with Crippen molar-refractivity contribution in [2.24, 2.45) is 0 Å². The minimum absolute atomic E-state index is 0.129. The van der Waals surface area contributed by atoms with Crippen LogP contribution in [0, 0.1) is 13.8 Å². The molecule has 0 aliphatic carbocycles. The summed E-state index contributed by atoms with van der Waals surface area (Å²) in [5.41, 5.74) is 5.30. The standard InChI is InChI=1S/C23H22BrCl2NO/c1-14-3-9-19(11-15(14)2)27-22(17-6-10-20(25)21(26)12-17)13-23(28)16-4-7-18(24)8-5-16/h3-12,22-23,27-28H,13H2,1-2H3. The van der Waals surface area contributed by atoms with Crippen molar-refractivity contribution >= 4 is 44.8 Å². The Hall–Kier alpha value is -1.52. The SMILES string of the molecule is Cc1ccc(NC(CC(O)c2ccc(Br)cc2)c2ccc(Cl)c(Cl)c2)cc1C. The van der Waals surface area contributed by atoms with Gasteiger partial charge in [-0.25, -0.2) is 0 Å². The molecule has 0 aliphatic rings. The third-order valence-electron chi connectivity index (χ3n) is 4.91. The van der Waals surface area contributed by atoms with Gasteiger partial charge in [-0.1, -0.05) is 63.4 Å². The van der Waals surface area contributed by atoms with Crippen molar-refractivity contribution in [3.63, 3.8) is 0 Å². The molecule has 0 saturated heterocycles. The van der Waals surface area contributed by atoms with Gasteiger partial charge in [0.25, 0.3) is 0 Å². The first-order valence-corrected chi connectivity index (χ1v) is 10.6. The number of nitrogens with one attached hydrogen (secondary N) is 1. The van der Waals surface area contributed by atoms with Crippen LogP contribution in [0.15, 0.2) is 65.1 Å². The Balaban J connectivity index is 1.89. The van der Waals surface area contributed by atoms with Gasteiger partial charge in [-0.15, -0.1) is 0 Å². The minimum Gasteiger partial charge on any atom is -0.388 e. The Morgan fingerprint density at radius 1 is 0.857 bits per heavy atom. The van der Waals surface area contributed by atoms with E-state index < -0.39 is 6.10 Å². The molecule has 5 heteroatoms. The molecular formula is C23H22BrCl2NO. The van der Waals surface area contributed by atoms with E-state index in [1.165, 1.54) is 11.1 Å². The largest absolute Gasteiger partial charge is 0.388 e. The van der Waals surface area contributed by atoms with Gasteiger partial charge >= 0.3 is 0 Å². The lowest BCUT2D eigenvalue weighted by Crippen LogP contribution is -2.15. The summed E-state index contributed by atoms with van der Waals surface area (Å²) in [5.74, 6) is 0. The highest BCUT2D eigenvalue weighted by molar-refractivity contribution is 9.10. The Bertz CT molecular complexity index is 959. The topological polar surface area (TPSA) is 32.3 Å². The van der Waals surface area contributed by atoms with E-state index in [2.05, 4.69) is 53.3 Å². The van der Waals surface area contributed by atoms with Crippen LogP contribution in [0.1, 0.15) is 40.8 Å². The van der Waals surface area contributed by atoms with Crippen molar-refractivity contribution in [3.05, 3.63) is 97.4 Å². The second-order valence-corrected chi connectivity index (χ2v) is 8.70. The number of rotatable bonds is 6. The third-order valence-corrected chi connectivity index (χ3v) is 6.18. The summed E-state index contributed by atoms with van der Waals surface area (Å²) in [5, 5.41) is 15.4. The van der Waals surface area contributed by atoms with Gasteiger partial charge in [-0.3, -0.25) is 0 Å². The Morgan fingerprint density at radius 2 is 1.54 bits per heavy atom. The predicted octanol–water partition coefficient (Wildman–Crippen LogP) is 7.65. The van der Waals surface area contributed by atoms with Crippen LogP contribution in [0.4, 0.5) is 5.69 Å². The van der Waals surface area contributed by atoms with Crippen molar-refractivity contribution in [1.82, 2.24) is 0 Å². The van der Waals surface area contributed by atoms with Crippen LogP contribution in [0.3, 0.4) is 0 Å². The van der Waals surface area contributed by atoms with Crippen LogP contribution in [0.2, 0.25) is 10.0 Å². The van der Waals surface area contributed by atoms with E-state index in [9.17, 15) is 5.11 Å². The molecule has 2 atom stereocenters. The number of hydrogen-bond donors (Lipinski definition) is 2. The molecule has 3 aromatic carbocycles. The van der Waals surface area contributed by atoms with Crippen LogP contribution in [0.25, 0.3) is 0 Å². The Morgan fingerprint density at radius 3 is 2.18 bits per heavy atom. The zero-order valence-electron chi connectivity index (χ0n) is 15.7. The summed E-state index contributed by atoms with van der Waals surface area (Å²) in [6, 6.07) is 19.5. The lowest BCUT2D eigenvalue weighted by atomic mass is 9.96. The van der Waals surface area contributed by atoms with E-state index in [4.69, 9.17) is 23.2 Å². The van der Waals surface area contributed by atoms with Gasteiger partial charge in [0.15, 0.2) is 0 Å². The smallest absolute Gasteiger partial charge is 0.0813 e. The first kappa shape index (κ1) is 21.2. The summed E-state index contributed by atoms with van der Waals surface area (Å²) in [6.07, 6.45) is -0.126. The fraction of sp³-hybridized carbons (Fsp3) is 0.217. The highest BCUT2D eigenvalue weighted by atomic mass is 79.9. The molecule has 0 radical (unpaired) electrons. The molecule has 2 nitrogen and oxygen atoms in total. The lowest BCUT2D eigenvalue weighted by Gasteiger charge is -2.24. The van der Waals surface area contributed by atoms with Crippen molar-refractivity contribution in [1.29, 1.82) is 0 Å². The highest BCUT2D eigenvalue weighted by Gasteiger charge is 2.19. The van der Waals surface area contributed by atoms with E-state index in [0.29, 0.717) is 16.5 Å². The first-order chi connectivity index (χ1) is 13.3. The molecule has 0 spiro atoms. The van der Waals surface area contributed by atoms with E-state index in [0.717, 1.165) is 21.3 Å². The maximum absolute atomic E-state index is 10.8. The molecule has 0 heterocycles. The molecule has 28 heavy (non-hydrogen) atoms. The van der Waals surface area contributed by atoms with Crippen molar-refractivity contribution in [2.75, 3.05) is 5.32 Å². The van der Waals surface area contributed by atoms with Crippen molar-refractivity contribution in [2.45, 2.75) is 32.4 Å². The fourth-order valence-electron chi connectivity index (χ4n) is 3.08. The number of benzene rings is 3. The van der Waals surface area contributed by atoms with Crippen LogP contribution < -0.4 is 5.32 Å². The molecule has 2 N–H and O–H groups in total. The van der Waals surface area contributed by atoms with Gasteiger partial charge < -0.3 is 10.4 Å². The fourth-order valence-corrected chi connectivity index (χ4v) is 3.65. The molecular weight excluding hydrogens is 457 g/mol. The van der Waals surface area contributed by atoms with Gasteiger partial charge in [-0.05, 0) is 72.5 Å². The maximum Gasteiger partial charge on any atom is 0.0813 e. The molecule has 0 saturated carbocycles. The lowest BCUT2D eigenvalue weighted by molar-refractivity contribution is 0.160. The third kappa shape index (κ3) is 5.30. The van der Waals surface area contributed by atoms with Crippen molar-refractivity contribution in [3.8, 4) is 0 Å². The molecule has 0 amide bonds. The number of aliphatic hydroxyl groups excluding tert-OH is 1. The maximum atomic E-state index is 10.8. The molecule has 146 valence electrons. The van der Waals surface area contributed by atoms with Gasteiger partial charge in [0.1, 0.15) is 0 Å². The van der Waals surface area contributed by atoms with Crippen LogP contribution in [0.5, 0.6) is 0 Å². The summed E-state index contributed by atoms with van der Waals surface area (Å²) in [7, 11) is 0. The molecule has 0 bridgehead atoms. The average molecular weight is 479 g/mol. The molecule has 3 aromatic rings. The number of anilines is 1. The molecule has 0 fully saturated rings.